The molecule has 0 spiro atoms. The lowest BCUT2D eigenvalue weighted by Crippen LogP contribution is -2.18. The van der Waals surface area contributed by atoms with E-state index in [4.69, 9.17) is 5.26 Å². The highest BCUT2D eigenvalue weighted by molar-refractivity contribution is 5.21. The Balaban J connectivity index is 2.44. The molecule has 14 heavy (non-hydrogen) atoms. The number of benzene rings is 1. The third kappa shape index (κ3) is 3.59. The summed E-state index contributed by atoms with van der Waals surface area (Å²) in [6.45, 7) is 3.84. The van der Waals surface area contributed by atoms with Gasteiger partial charge in [-0.05, 0) is 19.5 Å². The number of nitrogens with zero attached hydrogens (tertiary/aromatic N) is 2. The lowest BCUT2D eigenvalue weighted by molar-refractivity contribution is 0.335. The number of rotatable bonds is 4. The summed E-state index contributed by atoms with van der Waals surface area (Å²) in [5.74, 6) is 0. The molecule has 0 saturated heterocycles. The van der Waals surface area contributed by atoms with Gasteiger partial charge >= 0.3 is 0 Å². The van der Waals surface area contributed by atoms with E-state index in [-0.39, 0.29) is 0 Å². The topological polar surface area (TPSA) is 27.0 Å². The zero-order valence-corrected chi connectivity index (χ0v) is 8.83. The first-order valence-corrected chi connectivity index (χ1v) is 4.83. The van der Waals surface area contributed by atoms with Gasteiger partial charge in [-0.25, -0.2) is 0 Å². The SMILES string of the molecule is Cc1ccc(CN(C)CCC#N)cc1. The van der Waals surface area contributed by atoms with Crippen LogP contribution in [0, 0.1) is 18.3 Å². The van der Waals surface area contributed by atoms with Crippen LogP contribution < -0.4 is 0 Å². The Bertz CT molecular complexity index is 308. The summed E-state index contributed by atoms with van der Waals surface area (Å²) in [6, 6.07) is 10.7. The Morgan fingerprint density at radius 1 is 1.29 bits per heavy atom. The molecule has 74 valence electrons. The summed E-state index contributed by atoms with van der Waals surface area (Å²) < 4.78 is 0. The Kier molecular flexibility index (Phi) is 4.15. The van der Waals surface area contributed by atoms with Crippen LogP contribution in [0.4, 0.5) is 0 Å². The molecule has 0 aromatic heterocycles. The highest BCUT2D eigenvalue weighted by Crippen LogP contribution is 2.05. The molecule has 1 rings (SSSR count). The predicted molar refractivity (Wildman–Crippen MR) is 57.7 cm³/mol. The molecule has 0 amide bonds. The van der Waals surface area contributed by atoms with Gasteiger partial charge < -0.3 is 4.90 Å². The standard InChI is InChI=1S/C12H16N2/c1-11-4-6-12(7-5-11)10-14(2)9-3-8-13/h4-7H,3,9-10H2,1-2H3. The van der Waals surface area contributed by atoms with Crippen LogP contribution in [0.3, 0.4) is 0 Å². The third-order valence-corrected chi connectivity index (χ3v) is 2.18. The zero-order valence-electron chi connectivity index (χ0n) is 8.83. The van der Waals surface area contributed by atoms with E-state index in [9.17, 15) is 0 Å². The van der Waals surface area contributed by atoms with E-state index in [1.165, 1.54) is 11.1 Å². The lowest BCUT2D eigenvalue weighted by Gasteiger charge is -2.14. The van der Waals surface area contributed by atoms with Crippen LogP contribution in [0.2, 0.25) is 0 Å². The maximum Gasteiger partial charge on any atom is 0.0635 e. The normalized spacial score (nSPS) is 10.1. The molecule has 2 nitrogen and oxygen atoms in total. The summed E-state index contributed by atoms with van der Waals surface area (Å²) in [5, 5.41) is 8.44. The van der Waals surface area contributed by atoms with Crippen molar-refractivity contribution in [2.75, 3.05) is 13.6 Å². The molecule has 0 unspecified atom stereocenters. The highest BCUT2D eigenvalue weighted by atomic mass is 15.1. The maximum atomic E-state index is 8.44. The first-order chi connectivity index (χ1) is 6.72. The number of hydrogen-bond acceptors (Lipinski definition) is 2. The summed E-state index contributed by atoms with van der Waals surface area (Å²) in [4.78, 5) is 2.16. The van der Waals surface area contributed by atoms with E-state index in [0.717, 1.165) is 13.1 Å². The van der Waals surface area contributed by atoms with Gasteiger partial charge in [-0.3, -0.25) is 0 Å². The molecule has 0 aliphatic carbocycles. The minimum absolute atomic E-state index is 0.600. The molecule has 0 radical (unpaired) electrons. The van der Waals surface area contributed by atoms with Crippen molar-refractivity contribution in [3.05, 3.63) is 35.4 Å². The molecule has 0 bridgehead atoms. The quantitative estimate of drug-likeness (QED) is 0.725. The first-order valence-electron chi connectivity index (χ1n) is 4.83. The van der Waals surface area contributed by atoms with Crippen molar-refractivity contribution in [2.24, 2.45) is 0 Å². The monoisotopic (exact) mass is 188 g/mol. The lowest BCUT2D eigenvalue weighted by atomic mass is 10.1. The van der Waals surface area contributed by atoms with Crippen LogP contribution in [-0.4, -0.2) is 18.5 Å². The van der Waals surface area contributed by atoms with Gasteiger partial charge in [0.1, 0.15) is 0 Å². The van der Waals surface area contributed by atoms with Crippen molar-refractivity contribution in [3.8, 4) is 6.07 Å². The van der Waals surface area contributed by atoms with Gasteiger partial charge in [-0.1, -0.05) is 29.8 Å². The summed E-state index contributed by atoms with van der Waals surface area (Å²) in [6.07, 6.45) is 0.600. The molecule has 2 heteroatoms. The molecule has 1 aromatic rings. The van der Waals surface area contributed by atoms with Crippen LogP contribution in [0.15, 0.2) is 24.3 Å². The van der Waals surface area contributed by atoms with E-state index >= 15 is 0 Å². The van der Waals surface area contributed by atoms with Crippen molar-refractivity contribution < 1.29 is 0 Å². The fourth-order valence-corrected chi connectivity index (χ4v) is 1.33. The second-order valence-electron chi connectivity index (χ2n) is 3.63. The van der Waals surface area contributed by atoms with Crippen molar-refractivity contribution in [3.63, 3.8) is 0 Å². The number of hydrogen-bond donors (Lipinski definition) is 0. The maximum absolute atomic E-state index is 8.44. The Labute approximate surface area is 85.8 Å². The van der Waals surface area contributed by atoms with E-state index in [1.807, 2.05) is 7.05 Å². The molecular weight excluding hydrogens is 172 g/mol. The van der Waals surface area contributed by atoms with Crippen LogP contribution in [-0.2, 0) is 6.54 Å². The second-order valence-corrected chi connectivity index (χ2v) is 3.63. The van der Waals surface area contributed by atoms with Gasteiger partial charge in [-0.15, -0.1) is 0 Å². The van der Waals surface area contributed by atoms with Gasteiger partial charge in [-0.2, -0.15) is 5.26 Å². The van der Waals surface area contributed by atoms with Crippen molar-refractivity contribution in [1.82, 2.24) is 4.90 Å². The fraction of sp³-hybridized carbons (Fsp3) is 0.417. The van der Waals surface area contributed by atoms with Crippen LogP contribution in [0.1, 0.15) is 17.5 Å². The molecule has 0 aliphatic heterocycles. The Hall–Kier alpha value is -1.33. The molecule has 0 fully saturated rings. The average Bonchev–Trinajstić information content (AvgIpc) is 2.18. The smallest absolute Gasteiger partial charge is 0.0635 e. The Morgan fingerprint density at radius 3 is 2.50 bits per heavy atom. The second kappa shape index (κ2) is 5.41. The largest absolute Gasteiger partial charge is 0.301 e. The minimum Gasteiger partial charge on any atom is -0.301 e. The average molecular weight is 188 g/mol. The third-order valence-electron chi connectivity index (χ3n) is 2.18. The van der Waals surface area contributed by atoms with Crippen LogP contribution in [0.5, 0.6) is 0 Å². The van der Waals surface area contributed by atoms with E-state index in [1.54, 1.807) is 0 Å². The van der Waals surface area contributed by atoms with Crippen molar-refractivity contribution in [1.29, 1.82) is 5.26 Å². The first kappa shape index (κ1) is 10.7. The number of aryl methyl sites for hydroxylation is 1. The minimum atomic E-state index is 0.600. The Morgan fingerprint density at radius 2 is 1.93 bits per heavy atom. The van der Waals surface area contributed by atoms with Gasteiger partial charge in [0.25, 0.3) is 0 Å². The predicted octanol–water partition coefficient (Wildman–Crippen LogP) is 2.34. The highest BCUT2D eigenvalue weighted by Gasteiger charge is 1.98. The van der Waals surface area contributed by atoms with Gasteiger partial charge in [0.05, 0.1) is 6.07 Å². The van der Waals surface area contributed by atoms with Crippen LogP contribution in [0.25, 0.3) is 0 Å². The van der Waals surface area contributed by atoms with Crippen molar-refractivity contribution >= 4 is 0 Å². The molecular formula is C12H16N2. The zero-order chi connectivity index (χ0) is 10.4. The molecule has 0 N–H and O–H groups in total. The molecule has 0 aliphatic rings. The van der Waals surface area contributed by atoms with Crippen LogP contribution >= 0.6 is 0 Å². The molecule has 0 heterocycles. The molecule has 0 saturated carbocycles. The summed E-state index contributed by atoms with van der Waals surface area (Å²) in [5.41, 5.74) is 2.59. The van der Waals surface area contributed by atoms with Gasteiger partial charge in [0.15, 0.2) is 0 Å². The van der Waals surface area contributed by atoms with Crippen molar-refractivity contribution in [2.45, 2.75) is 19.9 Å². The molecule has 0 atom stereocenters. The van der Waals surface area contributed by atoms with E-state index in [2.05, 4.69) is 42.2 Å². The van der Waals surface area contributed by atoms with E-state index in [0.29, 0.717) is 6.42 Å². The summed E-state index contributed by atoms with van der Waals surface area (Å²) in [7, 11) is 2.04. The fourth-order valence-electron chi connectivity index (χ4n) is 1.33. The van der Waals surface area contributed by atoms with E-state index < -0.39 is 0 Å². The van der Waals surface area contributed by atoms with Gasteiger partial charge in [0.2, 0.25) is 0 Å². The molecule has 1 aromatic carbocycles. The van der Waals surface area contributed by atoms with Gasteiger partial charge in [0, 0.05) is 19.5 Å². The number of nitriles is 1. The summed E-state index contributed by atoms with van der Waals surface area (Å²) >= 11 is 0.